The Labute approximate surface area is 157 Å². The van der Waals surface area contributed by atoms with E-state index >= 15 is 0 Å². The van der Waals surface area contributed by atoms with Crippen LogP contribution in [-0.2, 0) is 20.7 Å². The molecule has 1 aromatic carbocycles. The average molecular weight is 372 g/mol. The largest absolute Gasteiger partial charge is 0.367 e. The smallest absolute Gasteiger partial charge is 0.251 e. The van der Waals surface area contributed by atoms with Crippen molar-refractivity contribution in [1.82, 2.24) is 4.90 Å². The van der Waals surface area contributed by atoms with Crippen LogP contribution < -0.4 is 5.73 Å². The Morgan fingerprint density at radius 1 is 1.27 bits per heavy atom. The van der Waals surface area contributed by atoms with Gasteiger partial charge in [0, 0.05) is 24.3 Å². The third-order valence-electron chi connectivity index (χ3n) is 4.70. The number of primary amides is 1. The van der Waals surface area contributed by atoms with E-state index in [0.717, 1.165) is 17.5 Å². The maximum absolute atomic E-state index is 12.3. The van der Waals surface area contributed by atoms with E-state index in [9.17, 15) is 9.59 Å². The number of hydrogen-bond acceptors (Lipinski definition) is 4. The predicted octanol–water partition coefficient (Wildman–Crippen LogP) is 2.84. The lowest BCUT2D eigenvalue weighted by atomic mass is 9.91. The molecular formula is C20H24N2O3S. The maximum Gasteiger partial charge on any atom is 0.251 e. The van der Waals surface area contributed by atoms with E-state index < -0.39 is 11.5 Å². The third kappa shape index (κ3) is 3.97. The Bertz CT molecular complexity index is 758. The van der Waals surface area contributed by atoms with Gasteiger partial charge in [-0.3, -0.25) is 9.59 Å². The highest BCUT2D eigenvalue weighted by atomic mass is 32.1. The maximum atomic E-state index is 12.3. The molecule has 1 aliphatic heterocycles. The second-order valence-electron chi connectivity index (χ2n) is 6.62. The normalized spacial score (nSPS) is 20.1. The molecule has 5 nitrogen and oxygen atoms in total. The van der Waals surface area contributed by atoms with Gasteiger partial charge in [0.1, 0.15) is 0 Å². The van der Waals surface area contributed by atoms with Crippen LogP contribution in [0.1, 0.15) is 25.3 Å². The van der Waals surface area contributed by atoms with E-state index in [4.69, 9.17) is 10.5 Å². The van der Waals surface area contributed by atoms with Crippen molar-refractivity contribution < 1.29 is 14.3 Å². The number of nitrogens with two attached hydrogens (primary N) is 1. The molecule has 3 rings (SSSR count). The summed E-state index contributed by atoms with van der Waals surface area (Å²) >= 11 is 1.69. The molecule has 0 unspecified atom stereocenters. The van der Waals surface area contributed by atoms with E-state index in [0.29, 0.717) is 26.0 Å². The molecule has 1 aliphatic rings. The van der Waals surface area contributed by atoms with Crippen molar-refractivity contribution >= 4 is 23.2 Å². The van der Waals surface area contributed by atoms with Gasteiger partial charge in [-0.2, -0.15) is 0 Å². The standard InChI is InChI=1S/C20H24N2O3S/c1-2-4-18(23)22-10-11-25-20(14-22,19(21)24)13-15-6-8-16(9-7-15)17-5-3-12-26-17/h3,5-9,12H,2,4,10-11,13-14H2,1H3,(H2,21,24)/t20-/m1/s1. The number of nitrogens with zero attached hydrogens (tertiary/aromatic N) is 1. The van der Waals surface area contributed by atoms with Crippen LogP contribution in [0.4, 0.5) is 0 Å². The van der Waals surface area contributed by atoms with Gasteiger partial charge in [-0.25, -0.2) is 0 Å². The van der Waals surface area contributed by atoms with Crippen LogP contribution in [0.3, 0.4) is 0 Å². The quantitative estimate of drug-likeness (QED) is 0.847. The fourth-order valence-corrected chi connectivity index (χ4v) is 4.00. The number of thiophene rings is 1. The molecule has 1 saturated heterocycles. The zero-order valence-corrected chi connectivity index (χ0v) is 15.8. The lowest BCUT2D eigenvalue weighted by Gasteiger charge is -2.40. The van der Waals surface area contributed by atoms with Crippen LogP contribution in [0.15, 0.2) is 41.8 Å². The first-order valence-corrected chi connectivity index (χ1v) is 9.76. The minimum atomic E-state index is -1.16. The summed E-state index contributed by atoms with van der Waals surface area (Å²) < 4.78 is 5.83. The molecule has 6 heteroatoms. The van der Waals surface area contributed by atoms with Crippen LogP contribution in [-0.4, -0.2) is 42.0 Å². The number of morpholine rings is 1. The lowest BCUT2D eigenvalue weighted by molar-refractivity contribution is -0.163. The molecule has 1 aromatic heterocycles. The summed E-state index contributed by atoms with van der Waals surface area (Å²) in [5.41, 5.74) is 6.64. The summed E-state index contributed by atoms with van der Waals surface area (Å²) in [5.74, 6) is -0.469. The zero-order chi connectivity index (χ0) is 18.6. The van der Waals surface area contributed by atoms with Crippen molar-refractivity contribution in [3.63, 3.8) is 0 Å². The second-order valence-corrected chi connectivity index (χ2v) is 7.57. The molecule has 26 heavy (non-hydrogen) atoms. The van der Waals surface area contributed by atoms with E-state index in [2.05, 4.69) is 6.07 Å². The monoisotopic (exact) mass is 372 g/mol. The summed E-state index contributed by atoms with van der Waals surface area (Å²) in [7, 11) is 0. The molecule has 2 aromatic rings. The number of hydrogen-bond donors (Lipinski definition) is 1. The van der Waals surface area contributed by atoms with Crippen LogP contribution in [0, 0.1) is 0 Å². The average Bonchev–Trinajstić information content (AvgIpc) is 3.17. The lowest BCUT2D eigenvalue weighted by Crippen LogP contribution is -2.61. The number of carbonyl (C=O) groups excluding carboxylic acids is 2. The molecule has 138 valence electrons. The highest BCUT2D eigenvalue weighted by molar-refractivity contribution is 7.13. The van der Waals surface area contributed by atoms with E-state index in [1.165, 1.54) is 4.88 Å². The van der Waals surface area contributed by atoms with Crippen molar-refractivity contribution in [3.8, 4) is 10.4 Å². The second kappa shape index (κ2) is 8.01. The minimum absolute atomic E-state index is 0.0504. The van der Waals surface area contributed by atoms with Gasteiger partial charge < -0.3 is 15.4 Å². The van der Waals surface area contributed by atoms with Crippen LogP contribution in [0.25, 0.3) is 10.4 Å². The molecule has 0 saturated carbocycles. The zero-order valence-electron chi connectivity index (χ0n) is 14.9. The molecule has 0 aliphatic carbocycles. The first-order chi connectivity index (χ1) is 12.5. The molecule has 1 atom stereocenters. The van der Waals surface area contributed by atoms with Gasteiger partial charge in [0.25, 0.3) is 5.91 Å². The Kier molecular flexibility index (Phi) is 5.74. The van der Waals surface area contributed by atoms with Gasteiger partial charge in [-0.1, -0.05) is 37.3 Å². The molecule has 0 spiro atoms. The topological polar surface area (TPSA) is 72.6 Å². The Morgan fingerprint density at radius 3 is 2.65 bits per heavy atom. The number of carbonyl (C=O) groups is 2. The summed E-state index contributed by atoms with van der Waals surface area (Å²) in [5, 5.41) is 2.04. The number of rotatable bonds is 6. The summed E-state index contributed by atoms with van der Waals surface area (Å²) in [4.78, 5) is 27.4. The first kappa shape index (κ1) is 18.6. The molecule has 2 amide bonds. The fraction of sp³-hybridized carbons (Fsp3) is 0.400. The molecule has 2 N–H and O–H groups in total. The van der Waals surface area contributed by atoms with Gasteiger partial charge in [0.15, 0.2) is 5.60 Å². The van der Waals surface area contributed by atoms with Crippen molar-refractivity contribution in [1.29, 1.82) is 0 Å². The summed E-state index contributed by atoms with van der Waals surface area (Å²) in [6.45, 7) is 3.01. The van der Waals surface area contributed by atoms with Crippen molar-refractivity contribution in [2.24, 2.45) is 5.73 Å². The van der Waals surface area contributed by atoms with Crippen LogP contribution in [0.5, 0.6) is 0 Å². The highest BCUT2D eigenvalue weighted by Crippen LogP contribution is 2.28. The minimum Gasteiger partial charge on any atom is -0.367 e. The van der Waals surface area contributed by atoms with Crippen molar-refractivity contribution in [2.75, 3.05) is 19.7 Å². The Balaban J connectivity index is 1.77. The van der Waals surface area contributed by atoms with E-state index in [1.54, 1.807) is 16.2 Å². The molecule has 0 radical (unpaired) electrons. The summed E-state index contributed by atoms with van der Waals surface area (Å²) in [6, 6.07) is 12.2. The third-order valence-corrected chi connectivity index (χ3v) is 5.62. The number of amides is 2. The highest BCUT2D eigenvalue weighted by Gasteiger charge is 2.43. The van der Waals surface area contributed by atoms with Gasteiger partial charge in [0.2, 0.25) is 5.91 Å². The Morgan fingerprint density at radius 2 is 2.04 bits per heavy atom. The van der Waals surface area contributed by atoms with Crippen molar-refractivity contribution in [2.45, 2.75) is 31.8 Å². The van der Waals surface area contributed by atoms with Gasteiger partial charge in [0.05, 0.1) is 13.2 Å². The number of ether oxygens (including phenoxy) is 1. The predicted molar refractivity (Wildman–Crippen MR) is 103 cm³/mol. The van der Waals surface area contributed by atoms with E-state index in [-0.39, 0.29) is 12.5 Å². The molecule has 0 bridgehead atoms. The van der Waals surface area contributed by atoms with E-state index in [1.807, 2.05) is 42.6 Å². The van der Waals surface area contributed by atoms with Crippen LogP contribution in [0.2, 0.25) is 0 Å². The van der Waals surface area contributed by atoms with Gasteiger partial charge in [-0.05, 0) is 29.0 Å². The van der Waals surface area contributed by atoms with Gasteiger partial charge in [-0.15, -0.1) is 11.3 Å². The molecular weight excluding hydrogens is 348 g/mol. The Hall–Kier alpha value is -2.18. The van der Waals surface area contributed by atoms with Crippen LogP contribution >= 0.6 is 11.3 Å². The first-order valence-electron chi connectivity index (χ1n) is 8.88. The van der Waals surface area contributed by atoms with Crippen molar-refractivity contribution in [3.05, 3.63) is 47.3 Å². The molecule has 1 fully saturated rings. The SMILES string of the molecule is CCCC(=O)N1CCO[C@@](Cc2ccc(-c3cccs3)cc2)(C(N)=O)C1. The van der Waals surface area contributed by atoms with Gasteiger partial charge >= 0.3 is 0 Å². The molecule has 2 heterocycles. The number of benzene rings is 1. The summed E-state index contributed by atoms with van der Waals surface area (Å²) in [6.07, 6.45) is 1.62. The fourth-order valence-electron chi connectivity index (χ4n) is 3.27.